The second-order valence-corrected chi connectivity index (χ2v) is 5.96. The van der Waals surface area contributed by atoms with Crippen molar-refractivity contribution < 1.29 is 0 Å². The van der Waals surface area contributed by atoms with Crippen molar-refractivity contribution in [2.45, 2.75) is 19.4 Å². The molecule has 0 aliphatic carbocycles. The molecule has 1 aromatic carbocycles. The van der Waals surface area contributed by atoms with Gasteiger partial charge in [0, 0.05) is 33.2 Å². The second-order valence-electron chi connectivity index (χ2n) is 4.20. The molecule has 18 heavy (non-hydrogen) atoms. The van der Waals surface area contributed by atoms with Crippen LogP contribution >= 0.6 is 27.7 Å². The number of nitrogens with one attached hydrogen (secondary N) is 1. The van der Waals surface area contributed by atoms with Gasteiger partial charge in [-0.3, -0.25) is 0 Å². The number of anilines is 1. The quantitative estimate of drug-likeness (QED) is 0.873. The highest BCUT2D eigenvalue weighted by Crippen LogP contribution is 2.28. The number of halogens is 1. The van der Waals surface area contributed by atoms with E-state index < -0.39 is 0 Å². The lowest BCUT2D eigenvalue weighted by Crippen LogP contribution is -2.21. The number of thioether (sulfide) groups is 1. The van der Waals surface area contributed by atoms with E-state index in [-0.39, 0.29) is 0 Å². The minimum absolute atomic E-state index is 0.470. The van der Waals surface area contributed by atoms with E-state index in [0.717, 1.165) is 22.5 Å². The largest absolute Gasteiger partial charge is 0.366 e. The summed E-state index contributed by atoms with van der Waals surface area (Å²) in [7, 11) is 0. The molecule has 1 unspecified atom stereocenters. The zero-order valence-corrected chi connectivity index (χ0v) is 13.0. The molecular weight excluding hydrogens is 308 g/mol. The van der Waals surface area contributed by atoms with Crippen LogP contribution in [0.4, 0.5) is 5.82 Å². The summed E-state index contributed by atoms with van der Waals surface area (Å²) < 4.78 is 1.11. The van der Waals surface area contributed by atoms with Crippen LogP contribution in [0.25, 0.3) is 10.8 Å². The van der Waals surface area contributed by atoms with Gasteiger partial charge < -0.3 is 5.32 Å². The molecule has 96 valence electrons. The molecule has 2 nitrogen and oxygen atoms in total. The predicted molar refractivity (Wildman–Crippen MR) is 85.5 cm³/mol. The van der Waals surface area contributed by atoms with Crippen LogP contribution in [-0.2, 0) is 0 Å². The monoisotopic (exact) mass is 324 g/mol. The van der Waals surface area contributed by atoms with E-state index in [4.69, 9.17) is 0 Å². The molecule has 0 aliphatic rings. The van der Waals surface area contributed by atoms with Gasteiger partial charge >= 0.3 is 0 Å². The summed E-state index contributed by atoms with van der Waals surface area (Å²) in [4.78, 5) is 4.48. The van der Waals surface area contributed by atoms with E-state index in [1.807, 2.05) is 24.0 Å². The van der Waals surface area contributed by atoms with Crippen molar-refractivity contribution in [1.82, 2.24) is 4.98 Å². The molecule has 2 rings (SSSR count). The highest BCUT2D eigenvalue weighted by molar-refractivity contribution is 9.10. The average Bonchev–Trinajstić information content (AvgIpc) is 2.39. The maximum atomic E-state index is 4.48. The molecule has 1 atom stereocenters. The summed E-state index contributed by atoms with van der Waals surface area (Å²) in [6, 6.07) is 8.73. The molecule has 4 heteroatoms. The minimum Gasteiger partial charge on any atom is -0.366 e. The van der Waals surface area contributed by atoms with Crippen LogP contribution in [0.2, 0.25) is 0 Å². The third-order valence-electron chi connectivity index (χ3n) is 2.95. The number of rotatable bonds is 5. The van der Waals surface area contributed by atoms with E-state index in [1.54, 1.807) is 0 Å². The van der Waals surface area contributed by atoms with Gasteiger partial charge in [-0.25, -0.2) is 4.98 Å². The summed E-state index contributed by atoms with van der Waals surface area (Å²) in [5.74, 6) is 2.08. The molecule has 0 amide bonds. The SMILES string of the molecule is CCC(CSC)Nc1nccc2c(Br)cccc12. The van der Waals surface area contributed by atoms with E-state index in [9.17, 15) is 0 Å². The van der Waals surface area contributed by atoms with Crippen molar-refractivity contribution in [1.29, 1.82) is 0 Å². The van der Waals surface area contributed by atoms with Gasteiger partial charge in [0.25, 0.3) is 0 Å². The van der Waals surface area contributed by atoms with E-state index in [2.05, 4.69) is 57.6 Å². The van der Waals surface area contributed by atoms with Crippen molar-refractivity contribution in [2.75, 3.05) is 17.3 Å². The van der Waals surface area contributed by atoms with Gasteiger partial charge in [-0.15, -0.1) is 0 Å². The van der Waals surface area contributed by atoms with Crippen molar-refractivity contribution in [3.63, 3.8) is 0 Å². The van der Waals surface area contributed by atoms with Crippen molar-refractivity contribution in [3.8, 4) is 0 Å². The molecule has 1 aromatic heterocycles. The van der Waals surface area contributed by atoms with Crippen LogP contribution in [-0.4, -0.2) is 23.0 Å². The normalized spacial score (nSPS) is 12.6. The Balaban J connectivity index is 2.36. The van der Waals surface area contributed by atoms with Crippen molar-refractivity contribution in [3.05, 3.63) is 34.9 Å². The van der Waals surface area contributed by atoms with E-state index in [1.165, 1.54) is 10.8 Å². The molecule has 1 N–H and O–H groups in total. The number of hydrogen-bond donors (Lipinski definition) is 1. The fourth-order valence-corrected chi connectivity index (χ4v) is 3.16. The maximum absolute atomic E-state index is 4.48. The van der Waals surface area contributed by atoms with Crippen LogP contribution < -0.4 is 5.32 Å². The number of aromatic nitrogens is 1. The predicted octanol–water partition coefficient (Wildman–Crippen LogP) is 4.55. The Hall–Kier alpha value is -0.740. The molecule has 0 saturated carbocycles. The van der Waals surface area contributed by atoms with Gasteiger partial charge in [0.05, 0.1) is 0 Å². The third-order valence-corrected chi connectivity index (χ3v) is 4.38. The first-order chi connectivity index (χ1) is 8.76. The van der Waals surface area contributed by atoms with Gasteiger partial charge in [0.1, 0.15) is 5.82 Å². The molecule has 0 spiro atoms. The lowest BCUT2D eigenvalue weighted by atomic mass is 10.1. The zero-order chi connectivity index (χ0) is 13.0. The minimum atomic E-state index is 0.470. The molecule has 0 radical (unpaired) electrons. The van der Waals surface area contributed by atoms with E-state index in [0.29, 0.717) is 6.04 Å². The van der Waals surface area contributed by atoms with Gasteiger partial charge in [0.2, 0.25) is 0 Å². The zero-order valence-electron chi connectivity index (χ0n) is 10.6. The lowest BCUT2D eigenvalue weighted by Gasteiger charge is -2.17. The number of nitrogens with zero attached hydrogens (tertiary/aromatic N) is 1. The summed E-state index contributed by atoms with van der Waals surface area (Å²) in [5.41, 5.74) is 0. The summed E-state index contributed by atoms with van der Waals surface area (Å²) in [5, 5.41) is 5.92. The Morgan fingerprint density at radius 2 is 2.17 bits per heavy atom. The van der Waals surface area contributed by atoms with Gasteiger partial charge in [-0.1, -0.05) is 35.0 Å². The number of hydrogen-bond acceptors (Lipinski definition) is 3. The van der Waals surface area contributed by atoms with Crippen LogP contribution in [0.5, 0.6) is 0 Å². The Bertz CT molecular complexity index is 530. The van der Waals surface area contributed by atoms with Crippen molar-refractivity contribution >= 4 is 44.3 Å². The topological polar surface area (TPSA) is 24.9 Å². The van der Waals surface area contributed by atoms with Crippen LogP contribution in [0, 0.1) is 0 Å². The summed E-state index contributed by atoms with van der Waals surface area (Å²) >= 11 is 5.45. The average molecular weight is 325 g/mol. The van der Waals surface area contributed by atoms with Gasteiger partial charge in [0.15, 0.2) is 0 Å². The van der Waals surface area contributed by atoms with Crippen LogP contribution in [0.1, 0.15) is 13.3 Å². The third kappa shape index (κ3) is 2.98. The van der Waals surface area contributed by atoms with Gasteiger partial charge in [-0.05, 0) is 24.8 Å². The Labute approximate surface area is 121 Å². The highest BCUT2D eigenvalue weighted by atomic mass is 79.9. The molecule has 1 heterocycles. The maximum Gasteiger partial charge on any atom is 0.134 e. The molecule has 0 aliphatic heterocycles. The first-order valence-corrected chi connectivity index (χ1v) is 8.23. The summed E-state index contributed by atoms with van der Waals surface area (Å²) in [6.07, 6.45) is 5.10. The smallest absolute Gasteiger partial charge is 0.134 e. The molecule has 0 saturated heterocycles. The van der Waals surface area contributed by atoms with Gasteiger partial charge in [-0.2, -0.15) is 11.8 Å². The first-order valence-electron chi connectivity index (χ1n) is 6.05. The standard InChI is InChI=1S/C14H17BrN2S/c1-3-10(9-18-2)17-14-12-5-4-6-13(15)11(12)7-8-16-14/h4-8,10H,3,9H2,1-2H3,(H,16,17). The Morgan fingerprint density at radius 1 is 1.33 bits per heavy atom. The Kier molecular flexibility index (Phi) is 4.89. The fraction of sp³-hybridized carbons (Fsp3) is 0.357. The number of pyridine rings is 1. The van der Waals surface area contributed by atoms with Crippen molar-refractivity contribution in [2.24, 2.45) is 0 Å². The fourth-order valence-electron chi connectivity index (χ4n) is 1.94. The number of benzene rings is 1. The first kappa shape index (κ1) is 13.7. The second kappa shape index (κ2) is 6.43. The lowest BCUT2D eigenvalue weighted by molar-refractivity contribution is 0.771. The molecule has 0 bridgehead atoms. The number of fused-ring (bicyclic) bond motifs is 1. The molecule has 0 fully saturated rings. The summed E-state index contributed by atoms with van der Waals surface area (Å²) in [6.45, 7) is 2.20. The molecular formula is C14H17BrN2S. The highest BCUT2D eigenvalue weighted by Gasteiger charge is 2.09. The Morgan fingerprint density at radius 3 is 2.89 bits per heavy atom. The molecule has 2 aromatic rings. The van der Waals surface area contributed by atoms with E-state index >= 15 is 0 Å². The van der Waals surface area contributed by atoms with Crippen LogP contribution in [0.15, 0.2) is 34.9 Å². The van der Waals surface area contributed by atoms with Crippen LogP contribution in [0.3, 0.4) is 0 Å².